The van der Waals surface area contributed by atoms with Crippen molar-refractivity contribution in [3.8, 4) is 0 Å². The molecule has 1 aromatic heterocycles. The molecule has 4 heteroatoms. The quantitative estimate of drug-likeness (QED) is 0.773. The van der Waals surface area contributed by atoms with Gasteiger partial charge in [-0.1, -0.05) is 32.3 Å². The van der Waals surface area contributed by atoms with Crippen molar-refractivity contribution >= 4 is 25.5 Å². The van der Waals surface area contributed by atoms with Crippen LogP contribution < -0.4 is 5.30 Å². The fourth-order valence-electron chi connectivity index (χ4n) is 1.46. The summed E-state index contributed by atoms with van der Waals surface area (Å²) in [6.07, 6.45) is 2.04. The van der Waals surface area contributed by atoms with Crippen LogP contribution in [0.2, 0.25) is 5.02 Å². The Bertz CT molecular complexity index is 513. The van der Waals surface area contributed by atoms with Gasteiger partial charge in [-0.05, 0) is 36.0 Å². The Morgan fingerprint density at radius 1 is 1.29 bits per heavy atom. The predicted molar refractivity (Wildman–Crippen MR) is 72.0 cm³/mol. The van der Waals surface area contributed by atoms with Crippen LogP contribution in [0.1, 0.15) is 11.3 Å². The second-order valence-electron chi connectivity index (χ2n) is 3.80. The Balaban J connectivity index is 2.04. The summed E-state index contributed by atoms with van der Waals surface area (Å²) in [6.45, 7) is 2.01. The molecular formula is C13H12ClFNP. The fourth-order valence-corrected chi connectivity index (χ4v) is 2.92. The lowest BCUT2D eigenvalue weighted by atomic mass is 10.2. The lowest BCUT2D eigenvalue weighted by Gasteiger charge is -2.05. The molecule has 1 aromatic carbocycles. The monoisotopic (exact) mass is 267 g/mol. The lowest BCUT2D eigenvalue weighted by molar-refractivity contribution is 0.620. The molecule has 0 saturated carbocycles. The molecule has 1 nitrogen and oxygen atoms in total. The number of pyridine rings is 1. The third-order valence-corrected chi connectivity index (χ3v) is 4.20. The van der Waals surface area contributed by atoms with Crippen molar-refractivity contribution in [1.82, 2.24) is 4.98 Å². The molecule has 1 atom stereocenters. The number of benzene rings is 1. The molecule has 17 heavy (non-hydrogen) atoms. The van der Waals surface area contributed by atoms with Crippen molar-refractivity contribution in [2.45, 2.75) is 13.1 Å². The van der Waals surface area contributed by atoms with Crippen LogP contribution in [0.15, 0.2) is 36.5 Å². The number of hydrogen-bond donors (Lipinski definition) is 0. The molecule has 1 unspecified atom stereocenters. The Hall–Kier alpha value is -0.980. The van der Waals surface area contributed by atoms with Gasteiger partial charge in [0.2, 0.25) is 0 Å². The van der Waals surface area contributed by atoms with Gasteiger partial charge in [0.05, 0.1) is 6.20 Å². The molecule has 0 aliphatic rings. The molecule has 0 amide bonds. The summed E-state index contributed by atoms with van der Waals surface area (Å²) in [4.78, 5) is 4.03. The molecule has 0 aliphatic heterocycles. The molecular weight excluding hydrogens is 256 g/mol. The molecule has 0 bridgehead atoms. The first-order valence-corrected chi connectivity index (χ1v) is 6.84. The fraction of sp³-hybridized carbons (Fsp3) is 0.154. The van der Waals surface area contributed by atoms with E-state index in [1.54, 1.807) is 6.07 Å². The van der Waals surface area contributed by atoms with E-state index < -0.39 is 0 Å². The highest BCUT2D eigenvalue weighted by Gasteiger charge is 2.02. The molecule has 2 rings (SSSR count). The van der Waals surface area contributed by atoms with E-state index in [0.717, 1.165) is 27.7 Å². The van der Waals surface area contributed by atoms with Gasteiger partial charge < -0.3 is 0 Å². The average Bonchev–Trinajstić information content (AvgIpc) is 2.30. The Labute approximate surface area is 107 Å². The van der Waals surface area contributed by atoms with Crippen LogP contribution in [-0.4, -0.2) is 4.98 Å². The summed E-state index contributed by atoms with van der Waals surface area (Å²) in [6, 6.07) is 9.20. The Morgan fingerprint density at radius 2 is 2.12 bits per heavy atom. The highest BCUT2D eigenvalue weighted by Crippen LogP contribution is 2.22. The van der Waals surface area contributed by atoms with Crippen molar-refractivity contribution in [1.29, 1.82) is 0 Å². The van der Waals surface area contributed by atoms with E-state index in [1.807, 2.05) is 25.1 Å². The van der Waals surface area contributed by atoms with Crippen LogP contribution in [0.25, 0.3) is 0 Å². The van der Waals surface area contributed by atoms with E-state index in [0.29, 0.717) is 8.58 Å². The summed E-state index contributed by atoms with van der Waals surface area (Å²) in [5.74, 6) is -0.301. The Morgan fingerprint density at radius 3 is 2.76 bits per heavy atom. The summed E-state index contributed by atoms with van der Waals surface area (Å²) < 4.78 is 12.7. The number of halogens is 2. The summed E-state index contributed by atoms with van der Waals surface area (Å²) >= 11 is 6.15. The number of aryl methyl sites for hydroxylation is 1. The summed E-state index contributed by atoms with van der Waals surface area (Å²) in [5, 5.41) is 1.92. The van der Waals surface area contributed by atoms with Crippen molar-refractivity contribution in [2.24, 2.45) is 0 Å². The van der Waals surface area contributed by atoms with Crippen molar-refractivity contribution in [2.75, 3.05) is 0 Å². The van der Waals surface area contributed by atoms with Gasteiger partial charge in [0.1, 0.15) is 5.82 Å². The van der Waals surface area contributed by atoms with E-state index in [1.165, 1.54) is 12.3 Å². The molecule has 2 aromatic rings. The number of hydrogen-bond acceptors (Lipinski definition) is 1. The van der Waals surface area contributed by atoms with Crippen molar-refractivity contribution < 1.29 is 4.39 Å². The molecule has 0 fully saturated rings. The normalized spacial score (nSPS) is 11.2. The standard InChI is InChI=1S/C13H12ClFNP/c1-9-2-5-13(12(14)6-9)17-8-11-4-3-10(15)7-16-11/h2-7,17H,8H2,1H3. The van der Waals surface area contributed by atoms with E-state index >= 15 is 0 Å². The largest absolute Gasteiger partial charge is 0.258 e. The minimum atomic E-state index is -0.301. The second kappa shape index (κ2) is 5.57. The van der Waals surface area contributed by atoms with E-state index in [4.69, 9.17) is 11.6 Å². The molecule has 88 valence electrons. The van der Waals surface area contributed by atoms with Crippen LogP contribution in [0, 0.1) is 12.7 Å². The zero-order chi connectivity index (χ0) is 12.3. The molecule has 1 heterocycles. The van der Waals surface area contributed by atoms with Crippen LogP contribution in [-0.2, 0) is 6.16 Å². The van der Waals surface area contributed by atoms with Crippen LogP contribution in [0.4, 0.5) is 4.39 Å². The van der Waals surface area contributed by atoms with Gasteiger partial charge in [-0.15, -0.1) is 0 Å². The van der Waals surface area contributed by atoms with E-state index in [9.17, 15) is 4.39 Å². The van der Waals surface area contributed by atoms with Gasteiger partial charge in [-0.25, -0.2) is 4.39 Å². The van der Waals surface area contributed by atoms with Crippen LogP contribution >= 0.6 is 20.2 Å². The smallest absolute Gasteiger partial charge is 0.141 e. The van der Waals surface area contributed by atoms with Crippen LogP contribution in [0.5, 0.6) is 0 Å². The third kappa shape index (κ3) is 3.49. The summed E-state index contributed by atoms with van der Waals surface area (Å²) in [5.41, 5.74) is 2.05. The van der Waals surface area contributed by atoms with Gasteiger partial charge in [-0.2, -0.15) is 0 Å². The minimum absolute atomic E-state index is 0.301. The maximum absolute atomic E-state index is 12.7. The topological polar surface area (TPSA) is 12.9 Å². The van der Waals surface area contributed by atoms with Gasteiger partial charge >= 0.3 is 0 Å². The molecule has 0 radical (unpaired) electrons. The average molecular weight is 268 g/mol. The zero-order valence-corrected chi connectivity index (χ0v) is 11.1. The first-order chi connectivity index (χ1) is 8.15. The van der Waals surface area contributed by atoms with Gasteiger partial charge in [0.15, 0.2) is 0 Å². The van der Waals surface area contributed by atoms with E-state index in [2.05, 4.69) is 4.98 Å². The van der Waals surface area contributed by atoms with Crippen molar-refractivity contribution in [3.05, 3.63) is 58.6 Å². The van der Waals surface area contributed by atoms with E-state index in [-0.39, 0.29) is 5.82 Å². The van der Waals surface area contributed by atoms with Crippen molar-refractivity contribution in [3.63, 3.8) is 0 Å². The second-order valence-corrected chi connectivity index (χ2v) is 5.46. The number of rotatable bonds is 3. The first-order valence-electron chi connectivity index (χ1n) is 5.25. The SMILES string of the molecule is Cc1ccc(PCc2ccc(F)cn2)c(Cl)c1. The van der Waals surface area contributed by atoms with Gasteiger partial charge in [0.25, 0.3) is 0 Å². The molecule has 0 saturated heterocycles. The molecule has 0 spiro atoms. The maximum Gasteiger partial charge on any atom is 0.141 e. The number of aromatic nitrogens is 1. The maximum atomic E-state index is 12.7. The third-order valence-electron chi connectivity index (χ3n) is 2.37. The zero-order valence-electron chi connectivity index (χ0n) is 9.37. The summed E-state index contributed by atoms with van der Waals surface area (Å²) in [7, 11) is 0.557. The van der Waals surface area contributed by atoms with Crippen LogP contribution in [0.3, 0.4) is 0 Å². The Kier molecular flexibility index (Phi) is 4.09. The highest BCUT2D eigenvalue weighted by atomic mass is 35.5. The predicted octanol–water partition coefficient (Wildman–Crippen LogP) is 3.69. The highest BCUT2D eigenvalue weighted by molar-refractivity contribution is 7.46. The lowest BCUT2D eigenvalue weighted by Crippen LogP contribution is -1.98. The minimum Gasteiger partial charge on any atom is -0.258 e. The molecule has 0 N–H and O–H groups in total. The van der Waals surface area contributed by atoms with Gasteiger partial charge in [-0.3, -0.25) is 4.98 Å². The molecule has 0 aliphatic carbocycles. The first kappa shape index (κ1) is 12.5. The number of nitrogens with zero attached hydrogens (tertiary/aromatic N) is 1. The van der Waals surface area contributed by atoms with Gasteiger partial charge in [0, 0.05) is 16.9 Å².